The zero-order valence-corrected chi connectivity index (χ0v) is 18.0. The lowest BCUT2D eigenvalue weighted by molar-refractivity contribution is -0.149. The summed E-state index contributed by atoms with van der Waals surface area (Å²) in [7, 11) is 3.95. The van der Waals surface area contributed by atoms with Gasteiger partial charge in [0.1, 0.15) is 0 Å². The molecule has 0 radical (unpaired) electrons. The minimum Gasteiger partial charge on any atom is -0.466 e. The molecule has 24 heavy (non-hydrogen) atoms. The first-order valence-electron chi connectivity index (χ1n) is 8.93. The second-order valence-electron chi connectivity index (χ2n) is 6.17. The Labute approximate surface area is 164 Å². The Morgan fingerprint density at radius 3 is 2.75 bits per heavy atom. The van der Waals surface area contributed by atoms with E-state index in [-0.39, 0.29) is 35.9 Å². The zero-order valence-electron chi connectivity index (χ0n) is 15.7. The monoisotopic (exact) mass is 454 g/mol. The van der Waals surface area contributed by atoms with E-state index in [1.54, 1.807) is 7.05 Å². The molecule has 0 aliphatic carbocycles. The summed E-state index contributed by atoms with van der Waals surface area (Å²) < 4.78 is 5.16. The van der Waals surface area contributed by atoms with Gasteiger partial charge in [-0.1, -0.05) is 13.3 Å². The van der Waals surface area contributed by atoms with Crippen molar-refractivity contribution in [3.8, 4) is 0 Å². The Morgan fingerprint density at radius 1 is 1.38 bits per heavy atom. The number of likely N-dealkylation sites (tertiary alicyclic amines) is 1. The molecule has 0 aromatic heterocycles. The number of hydrogen-bond acceptors (Lipinski definition) is 4. The fraction of sp³-hybridized carbons (Fsp3) is 0.882. The van der Waals surface area contributed by atoms with Gasteiger partial charge in [0.05, 0.1) is 12.5 Å². The van der Waals surface area contributed by atoms with Crippen LogP contribution < -0.4 is 5.32 Å². The molecule has 1 N–H and O–H groups in total. The van der Waals surface area contributed by atoms with Gasteiger partial charge >= 0.3 is 5.97 Å². The Morgan fingerprint density at radius 2 is 2.12 bits per heavy atom. The molecule has 1 atom stereocenters. The van der Waals surface area contributed by atoms with Crippen molar-refractivity contribution in [2.75, 3.05) is 53.4 Å². The number of nitrogens with zero attached hydrogens (tertiary/aromatic N) is 3. The molecule has 6 nitrogen and oxygen atoms in total. The van der Waals surface area contributed by atoms with Crippen molar-refractivity contribution >= 4 is 35.9 Å². The van der Waals surface area contributed by atoms with Crippen molar-refractivity contribution < 1.29 is 9.53 Å². The summed E-state index contributed by atoms with van der Waals surface area (Å²) in [5.74, 6) is 0.782. The summed E-state index contributed by atoms with van der Waals surface area (Å²) in [4.78, 5) is 20.8. The molecule has 142 valence electrons. The van der Waals surface area contributed by atoms with Gasteiger partial charge in [0, 0.05) is 33.2 Å². The van der Waals surface area contributed by atoms with Crippen molar-refractivity contribution in [2.45, 2.75) is 39.5 Å². The maximum Gasteiger partial charge on any atom is 0.310 e. The molecule has 1 fully saturated rings. The van der Waals surface area contributed by atoms with Crippen molar-refractivity contribution in [1.82, 2.24) is 15.1 Å². The topological polar surface area (TPSA) is 57.2 Å². The third-order valence-corrected chi connectivity index (χ3v) is 4.22. The molecule has 1 saturated heterocycles. The molecule has 1 unspecified atom stereocenters. The second-order valence-corrected chi connectivity index (χ2v) is 6.17. The minimum absolute atomic E-state index is 0. The number of likely N-dealkylation sites (N-methyl/N-ethyl adjacent to an activating group) is 1. The molecule has 0 aromatic carbocycles. The normalized spacial score (nSPS) is 18.3. The Balaban J connectivity index is 0.00000529. The van der Waals surface area contributed by atoms with Gasteiger partial charge in [-0.2, -0.15) is 0 Å². The third-order valence-electron chi connectivity index (χ3n) is 4.22. The number of unbranched alkanes of at least 4 members (excludes halogenated alkanes) is 1. The van der Waals surface area contributed by atoms with Crippen LogP contribution >= 0.6 is 24.0 Å². The average Bonchev–Trinajstić information content (AvgIpc) is 2.57. The summed E-state index contributed by atoms with van der Waals surface area (Å²) in [6.07, 6.45) is 4.37. The lowest BCUT2D eigenvalue weighted by Gasteiger charge is -2.34. The van der Waals surface area contributed by atoms with Gasteiger partial charge in [0.2, 0.25) is 0 Å². The van der Waals surface area contributed by atoms with Gasteiger partial charge in [0.15, 0.2) is 5.96 Å². The van der Waals surface area contributed by atoms with Crippen LogP contribution in [0.1, 0.15) is 39.5 Å². The highest BCUT2D eigenvalue weighted by atomic mass is 127. The van der Waals surface area contributed by atoms with E-state index in [1.165, 1.54) is 12.8 Å². The first kappa shape index (κ1) is 23.4. The van der Waals surface area contributed by atoms with E-state index < -0.39 is 0 Å². The van der Waals surface area contributed by atoms with Gasteiger partial charge in [-0.05, 0) is 39.8 Å². The predicted octanol–water partition coefficient (Wildman–Crippen LogP) is 2.19. The van der Waals surface area contributed by atoms with Crippen LogP contribution in [0.25, 0.3) is 0 Å². The van der Waals surface area contributed by atoms with Crippen LogP contribution in [-0.2, 0) is 9.53 Å². The first-order valence-corrected chi connectivity index (χ1v) is 8.93. The molecule has 0 spiro atoms. The van der Waals surface area contributed by atoms with Gasteiger partial charge in [-0.3, -0.25) is 9.79 Å². The fourth-order valence-corrected chi connectivity index (χ4v) is 2.85. The summed E-state index contributed by atoms with van der Waals surface area (Å²) in [6.45, 7) is 9.16. The number of halogens is 1. The van der Waals surface area contributed by atoms with Crippen LogP contribution in [0.15, 0.2) is 4.99 Å². The smallest absolute Gasteiger partial charge is 0.310 e. The van der Waals surface area contributed by atoms with Gasteiger partial charge < -0.3 is 19.9 Å². The van der Waals surface area contributed by atoms with Gasteiger partial charge in [0.25, 0.3) is 0 Å². The quantitative estimate of drug-likeness (QED) is 0.264. The SMILES string of the molecule is CCCCN(C)CCNC(=NC)N1CCCC(C(=O)OCC)C1.I. The van der Waals surface area contributed by atoms with Crippen molar-refractivity contribution in [2.24, 2.45) is 10.9 Å². The number of piperidine rings is 1. The van der Waals surface area contributed by atoms with E-state index >= 15 is 0 Å². The van der Waals surface area contributed by atoms with Crippen LogP contribution in [0.5, 0.6) is 0 Å². The predicted molar refractivity (Wildman–Crippen MR) is 110 cm³/mol. The lowest BCUT2D eigenvalue weighted by atomic mass is 9.98. The molecule has 0 aromatic rings. The number of carbonyl (C=O) groups is 1. The van der Waals surface area contributed by atoms with E-state index in [2.05, 4.69) is 34.1 Å². The van der Waals surface area contributed by atoms with Crippen LogP contribution in [0.2, 0.25) is 0 Å². The van der Waals surface area contributed by atoms with Crippen LogP contribution in [0.3, 0.4) is 0 Å². The van der Waals surface area contributed by atoms with Crippen molar-refractivity contribution in [3.05, 3.63) is 0 Å². The minimum atomic E-state index is -0.0769. The lowest BCUT2D eigenvalue weighted by Crippen LogP contribution is -2.49. The number of aliphatic imine (C=N–C) groups is 1. The highest BCUT2D eigenvalue weighted by Crippen LogP contribution is 2.17. The number of nitrogens with one attached hydrogen (secondary N) is 1. The fourth-order valence-electron chi connectivity index (χ4n) is 2.85. The molecule has 0 bridgehead atoms. The number of esters is 1. The van der Waals surface area contributed by atoms with E-state index in [9.17, 15) is 4.79 Å². The largest absolute Gasteiger partial charge is 0.466 e. The van der Waals surface area contributed by atoms with E-state index in [0.29, 0.717) is 13.2 Å². The third kappa shape index (κ3) is 8.50. The van der Waals surface area contributed by atoms with Gasteiger partial charge in [-0.15, -0.1) is 24.0 Å². The number of hydrogen-bond donors (Lipinski definition) is 1. The van der Waals surface area contributed by atoms with E-state index in [1.807, 2.05) is 6.92 Å². The van der Waals surface area contributed by atoms with Gasteiger partial charge in [-0.25, -0.2) is 0 Å². The summed E-state index contributed by atoms with van der Waals surface area (Å²) >= 11 is 0. The Kier molecular flexibility index (Phi) is 13.4. The molecule has 1 rings (SSSR count). The van der Waals surface area contributed by atoms with Crippen molar-refractivity contribution in [1.29, 1.82) is 0 Å². The molecular formula is C17H35IN4O2. The molecular weight excluding hydrogens is 419 g/mol. The number of guanidine groups is 1. The average molecular weight is 454 g/mol. The molecule has 1 heterocycles. The highest BCUT2D eigenvalue weighted by molar-refractivity contribution is 14.0. The van der Waals surface area contributed by atoms with Crippen molar-refractivity contribution in [3.63, 3.8) is 0 Å². The molecule has 0 saturated carbocycles. The molecule has 1 aliphatic heterocycles. The number of carbonyl (C=O) groups excluding carboxylic acids is 1. The van der Waals surface area contributed by atoms with Crippen LogP contribution in [0, 0.1) is 5.92 Å². The number of rotatable bonds is 8. The first-order chi connectivity index (χ1) is 11.1. The summed E-state index contributed by atoms with van der Waals surface area (Å²) in [5.41, 5.74) is 0. The number of ether oxygens (including phenoxy) is 1. The summed E-state index contributed by atoms with van der Waals surface area (Å²) in [6, 6.07) is 0. The zero-order chi connectivity index (χ0) is 17.1. The van der Waals surface area contributed by atoms with E-state index in [4.69, 9.17) is 4.74 Å². The Bertz CT molecular complexity index is 380. The second kappa shape index (κ2) is 13.7. The maximum absolute atomic E-state index is 11.9. The maximum atomic E-state index is 11.9. The molecule has 7 heteroatoms. The van der Waals surface area contributed by atoms with Crippen LogP contribution in [0.4, 0.5) is 0 Å². The standard InChI is InChI=1S/C17H34N4O2.HI/c1-5-7-11-20(4)13-10-19-17(18-3)21-12-8-9-15(14-21)16(22)23-6-2;/h15H,5-14H2,1-4H3,(H,18,19);1H. The Hall–Kier alpha value is -0.570. The summed E-state index contributed by atoms with van der Waals surface area (Å²) in [5, 5.41) is 3.42. The van der Waals surface area contributed by atoms with E-state index in [0.717, 1.165) is 45.0 Å². The molecule has 0 amide bonds. The highest BCUT2D eigenvalue weighted by Gasteiger charge is 2.28. The van der Waals surface area contributed by atoms with Crippen LogP contribution in [-0.4, -0.2) is 75.2 Å². The molecule has 1 aliphatic rings.